The quantitative estimate of drug-likeness (QED) is 0.290. The van der Waals surface area contributed by atoms with Crippen molar-refractivity contribution in [2.24, 2.45) is 0 Å². The Labute approximate surface area is 188 Å². The molecule has 0 aromatic heterocycles. The molecule has 0 fully saturated rings. The highest BCUT2D eigenvalue weighted by Crippen LogP contribution is 2.41. The lowest BCUT2D eigenvalue weighted by atomic mass is 9.94. The smallest absolute Gasteiger partial charge is 0.315 e. The van der Waals surface area contributed by atoms with Crippen LogP contribution in [0.25, 0.3) is 0 Å². The predicted octanol–water partition coefficient (Wildman–Crippen LogP) is 3.78. The second-order valence-electron chi connectivity index (χ2n) is 6.58. The Morgan fingerprint density at radius 2 is 2.10 bits per heavy atom. The summed E-state index contributed by atoms with van der Waals surface area (Å²) in [5, 5.41) is 30.8. The van der Waals surface area contributed by atoms with Gasteiger partial charge in [0, 0.05) is 11.8 Å². The topological polar surface area (TPSA) is 126 Å². The monoisotopic (exact) mass is 462 g/mol. The van der Waals surface area contributed by atoms with Gasteiger partial charge in [0.1, 0.15) is 0 Å². The van der Waals surface area contributed by atoms with Gasteiger partial charge in [-0.3, -0.25) is 14.9 Å². The van der Waals surface area contributed by atoms with Gasteiger partial charge in [-0.15, -0.1) is 0 Å². The minimum absolute atomic E-state index is 0.0681. The average molecular weight is 463 g/mol. The summed E-state index contributed by atoms with van der Waals surface area (Å²) in [6.07, 6.45) is 0. The van der Waals surface area contributed by atoms with Crippen LogP contribution in [0.3, 0.4) is 0 Å². The van der Waals surface area contributed by atoms with Gasteiger partial charge in [0.25, 0.3) is 5.91 Å². The highest BCUT2D eigenvalue weighted by Gasteiger charge is 2.33. The fraction of sp³-hybridized carbons (Fsp3) is 0.200. The molecule has 2 aromatic rings. The van der Waals surface area contributed by atoms with Crippen molar-refractivity contribution >= 4 is 46.2 Å². The van der Waals surface area contributed by atoms with Crippen molar-refractivity contribution in [3.63, 3.8) is 0 Å². The van der Waals surface area contributed by atoms with Crippen LogP contribution in [-0.4, -0.2) is 27.7 Å². The molecule has 1 aliphatic rings. The lowest BCUT2D eigenvalue weighted by Gasteiger charge is -2.30. The standard InChI is InChI=1S/C20H19ClN4O5S/c1-3-30-15-9-11(8-14(18(15)26)25(28)29)17-16(10(2)22-20(31)24-17)19(27)23-13-7-5-4-6-12(13)21/h4-9,17,26H,3H2,1-2H3,(H,23,27)(H2,22,24,31)/t17-/m0/s1. The van der Waals surface area contributed by atoms with E-state index in [2.05, 4.69) is 16.0 Å². The zero-order valence-electron chi connectivity index (χ0n) is 16.6. The normalized spacial score (nSPS) is 15.7. The van der Waals surface area contributed by atoms with Gasteiger partial charge in [0.2, 0.25) is 5.75 Å². The number of thiocarbonyl (C=S) groups is 1. The second-order valence-corrected chi connectivity index (χ2v) is 7.40. The minimum Gasteiger partial charge on any atom is -0.500 e. The van der Waals surface area contributed by atoms with Crippen molar-refractivity contribution in [3.05, 3.63) is 68.4 Å². The lowest BCUT2D eigenvalue weighted by Crippen LogP contribution is -2.45. The van der Waals surface area contributed by atoms with E-state index in [4.69, 9.17) is 28.6 Å². The maximum atomic E-state index is 13.2. The van der Waals surface area contributed by atoms with Crippen LogP contribution in [0.1, 0.15) is 25.5 Å². The number of carbonyl (C=O) groups excluding carboxylic acids is 1. The van der Waals surface area contributed by atoms with Crippen LogP contribution < -0.4 is 20.7 Å². The number of nitrogens with one attached hydrogen (secondary N) is 3. The summed E-state index contributed by atoms with van der Waals surface area (Å²) >= 11 is 11.4. The maximum Gasteiger partial charge on any atom is 0.315 e. The molecule has 0 radical (unpaired) electrons. The molecule has 0 unspecified atom stereocenters. The number of nitro groups is 1. The van der Waals surface area contributed by atoms with Gasteiger partial charge >= 0.3 is 5.69 Å². The number of nitro benzene ring substituents is 1. The largest absolute Gasteiger partial charge is 0.500 e. The molecule has 1 aliphatic heterocycles. The Morgan fingerprint density at radius 3 is 2.74 bits per heavy atom. The van der Waals surface area contributed by atoms with Crippen LogP contribution in [-0.2, 0) is 4.79 Å². The van der Waals surface area contributed by atoms with Gasteiger partial charge in [0.05, 0.1) is 33.9 Å². The van der Waals surface area contributed by atoms with Gasteiger partial charge in [-0.1, -0.05) is 23.7 Å². The molecular weight excluding hydrogens is 444 g/mol. The van der Waals surface area contributed by atoms with Crippen LogP contribution in [0.2, 0.25) is 5.02 Å². The van der Waals surface area contributed by atoms with Crippen molar-refractivity contribution in [2.45, 2.75) is 19.9 Å². The Morgan fingerprint density at radius 1 is 1.39 bits per heavy atom. The number of ether oxygens (including phenoxy) is 1. The molecule has 0 spiro atoms. The first-order valence-electron chi connectivity index (χ1n) is 9.21. The van der Waals surface area contributed by atoms with E-state index < -0.39 is 28.3 Å². The van der Waals surface area contributed by atoms with E-state index in [1.165, 1.54) is 12.1 Å². The molecule has 0 saturated carbocycles. The van der Waals surface area contributed by atoms with Crippen molar-refractivity contribution < 1.29 is 19.6 Å². The Balaban J connectivity index is 2.08. The van der Waals surface area contributed by atoms with E-state index in [-0.39, 0.29) is 23.0 Å². The van der Waals surface area contributed by atoms with Crippen molar-refractivity contribution in [1.29, 1.82) is 0 Å². The van der Waals surface area contributed by atoms with E-state index in [0.29, 0.717) is 22.0 Å². The van der Waals surface area contributed by atoms with Crippen molar-refractivity contribution in [3.8, 4) is 11.5 Å². The molecular formula is C20H19ClN4O5S. The number of rotatable bonds is 6. The molecule has 0 saturated heterocycles. The molecule has 1 heterocycles. The number of nitrogens with zero attached hydrogens (tertiary/aromatic N) is 1. The van der Waals surface area contributed by atoms with E-state index >= 15 is 0 Å². The third kappa shape index (κ3) is 4.70. The lowest BCUT2D eigenvalue weighted by molar-refractivity contribution is -0.386. The Hall–Kier alpha value is -3.37. The number of benzene rings is 2. The van der Waals surface area contributed by atoms with E-state index in [0.717, 1.165) is 0 Å². The number of hydrogen-bond acceptors (Lipinski definition) is 6. The van der Waals surface area contributed by atoms with Crippen LogP contribution in [0.15, 0.2) is 47.7 Å². The molecule has 31 heavy (non-hydrogen) atoms. The summed E-state index contributed by atoms with van der Waals surface area (Å²) in [6.45, 7) is 3.53. The second kappa shape index (κ2) is 9.19. The SMILES string of the molecule is CCOc1cc([C@@H]2NC(=S)NC(C)=C2C(=O)Nc2ccccc2Cl)cc([N+](=O)[O-])c1O. The van der Waals surface area contributed by atoms with Gasteiger partial charge in [-0.05, 0) is 49.8 Å². The summed E-state index contributed by atoms with van der Waals surface area (Å²) in [6, 6.07) is 8.53. The molecule has 11 heteroatoms. The Bertz CT molecular complexity index is 1100. The number of para-hydroxylation sites is 1. The minimum atomic E-state index is -0.838. The molecule has 1 atom stereocenters. The summed E-state index contributed by atoms with van der Waals surface area (Å²) < 4.78 is 5.35. The zero-order chi connectivity index (χ0) is 22.7. The number of phenolic OH excluding ortho intramolecular Hbond substituents is 1. The molecule has 1 amide bonds. The molecule has 0 aliphatic carbocycles. The summed E-state index contributed by atoms with van der Waals surface area (Å²) in [4.78, 5) is 23.9. The van der Waals surface area contributed by atoms with Crippen LogP contribution >= 0.6 is 23.8 Å². The van der Waals surface area contributed by atoms with E-state index in [9.17, 15) is 20.0 Å². The third-order valence-corrected chi connectivity index (χ3v) is 5.09. The van der Waals surface area contributed by atoms with Gasteiger partial charge < -0.3 is 25.8 Å². The predicted molar refractivity (Wildman–Crippen MR) is 120 cm³/mol. The number of amides is 1. The fourth-order valence-corrected chi connectivity index (χ4v) is 3.64. The molecule has 2 aromatic carbocycles. The number of allylic oxidation sites excluding steroid dienone is 1. The average Bonchev–Trinajstić information content (AvgIpc) is 2.70. The van der Waals surface area contributed by atoms with Crippen LogP contribution in [0, 0.1) is 10.1 Å². The molecule has 162 valence electrons. The van der Waals surface area contributed by atoms with Crippen LogP contribution in [0.4, 0.5) is 11.4 Å². The molecule has 3 rings (SSSR count). The molecule has 9 nitrogen and oxygen atoms in total. The number of aromatic hydroxyl groups is 1. The number of hydrogen-bond donors (Lipinski definition) is 4. The van der Waals surface area contributed by atoms with Gasteiger partial charge in [-0.2, -0.15) is 0 Å². The van der Waals surface area contributed by atoms with Gasteiger partial charge in [-0.25, -0.2) is 0 Å². The van der Waals surface area contributed by atoms with E-state index in [1.54, 1.807) is 38.1 Å². The zero-order valence-corrected chi connectivity index (χ0v) is 18.1. The first-order valence-corrected chi connectivity index (χ1v) is 9.99. The Kier molecular flexibility index (Phi) is 6.62. The molecule has 4 N–H and O–H groups in total. The fourth-order valence-electron chi connectivity index (χ4n) is 3.18. The number of phenols is 1. The number of carbonyl (C=O) groups is 1. The number of halogens is 1. The first-order chi connectivity index (χ1) is 14.7. The van der Waals surface area contributed by atoms with Crippen LogP contribution in [0.5, 0.6) is 11.5 Å². The van der Waals surface area contributed by atoms with Crippen molar-refractivity contribution in [1.82, 2.24) is 10.6 Å². The van der Waals surface area contributed by atoms with Gasteiger partial charge in [0.15, 0.2) is 10.9 Å². The summed E-state index contributed by atoms with van der Waals surface area (Å²) in [5.74, 6) is -1.14. The highest BCUT2D eigenvalue weighted by molar-refractivity contribution is 7.80. The molecule has 0 bridgehead atoms. The maximum absolute atomic E-state index is 13.2. The first kappa shape index (κ1) is 22.3. The third-order valence-electron chi connectivity index (χ3n) is 4.54. The highest BCUT2D eigenvalue weighted by atomic mass is 35.5. The summed E-state index contributed by atoms with van der Waals surface area (Å²) in [5.41, 5.74) is 0.896. The summed E-state index contributed by atoms with van der Waals surface area (Å²) in [7, 11) is 0. The van der Waals surface area contributed by atoms with Crippen molar-refractivity contribution in [2.75, 3.05) is 11.9 Å². The van der Waals surface area contributed by atoms with E-state index in [1.807, 2.05) is 0 Å². The number of anilines is 1.